The first-order valence-electron chi connectivity index (χ1n) is 6.30. The number of hydrogen-bond donors (Lipinski definition) is 1. The van der Waals surface area contributed by atoms with Crippen molar-refractivity contribution in [2.24, 2.45) is 0 Å². The molecule has 1 heterocycles. The van der Waals surface area contributed by atoms with Crippen LogP contribution < -0.4 is 4.74 Å². The number of thioether (sulfide) groups is 1. The number of ether oxygens (including phenoxy) is 2. The van der Waals surface area contributed by atoms with Gasteiger partial charge in [0.2, 0.25) is 0 Å². The van der Waals surface area contributed by atoms with Gasteiger partial charge in [0.25, 0.3) is 0 Å². The molecule has 104 valence electrons. The molecule has 1 aliphatic rings. The molecular weight excluding hydrogens is 264 g/mol. The maximum absolute atomic E-state index is 11.1. The van der Waals surface area contributed by atoms with Crippen LogP contribution in [0.5, 0.6) is 5.75 Å². The van der Waals surface area contributed by atoms with Crippen molar-refractivity contribution >= 4 is 17.7 Å². The van der Waals surface area contributed by atoms with Crippen molar-refractivity contribution in [3.63, 3.8) is 0 Å². The predicted molar refractivity (Wildman–Crippen MR) is 75.1 cm³/mol. The van der Waals surface area contributed by atoms with Gasteiger partial charge in [-0.05, 0) is 30.5 Å². The monoisotopic (exact) mass is 282 g/mol. The Morgan fingerprint density at radius 3 is 3.05 bits per heavy atom. The third kappa shape index (κ3) is 3.88. The number of benzene rings is 1. The largest absolute Gasteiger partial charge is 0.496 e. The number of methoxy groups -OCH3 is 1. The minimum Gasteiger partial charge on any atom is -0.496 e. The average molecular weight is 282 g/mol. The molecule has 0 saturated carbocycles. The standard InChI is InChI=1S/C14H18O4S/c1-17-13-5-4-10(7-12(13)14(15)16)8-19-9-11-3-2-6-18-11/h4-5,7,11H,2-3,6,8-9H2,1H3,(H,15,16). The fraction of sp³-hybridized carbons (Fsp3) is 0.500. The smallest absolute Gasteiger partial charge is 0.339 e. The number of carbonyl (C=O) groups is 1. The van der Waals surface area contributed by atoms with Crippen LogP contribution in [0.4, 0.5) is 0 Å². The lowest BCUT2D eigenvalue weighted by atomic mass is 10.1. The summed E-state index contributed by atoms with van der Waals surface area (Å²) in [7, 11) is 1.48. The van der Waals surface area contributed by atoms with Crippen LogP contribution in [0.15, 0.2) is 18.2 Å². The van der Waals surface area contributed by atoms with Gasteiger partial charge >= 0.3 is 5.97 Å². The molecule has 5 heteroatoms. The zero-order valence-corrected chi connectivity index (χ0v) is 11.7. The molecule has 4 nitrogen and oxygen atoms in total. The fourth-order valence-corrected chi connectivity index (χ4v) is 3.15. The molecular formula is C14H18O4S. The van der Waals surface area contributed by atoms with Crippen molar-refractivity contribution in [1.29, 1.82) is 0 Å². The van der Waals surface area contributed by atoms with Crippen molar-refractivity contribution in [3.8, 4) is 5.75 Å². The Hall–Kier alpha value is -1.20. The van der Waals surface area contributed by atoms with E-state index in [1.54, 1.807) is 23.9 Å². The van der Waals surface area contributed by atoms with E-state index in [4.69, 9.17) is 14.6 Å². The first-order chi connectivity index (χ1) is 9.20. The average Bonchev–Trinajstić information content (AvgIpc) is 2.91. The lowest BCUT2D eigenvalue weighted by Gasteiger charge is -2.10. The lowest BCUT2D eigenvalue weighted by Crippen LogP contribution is -2.08. The van der Waals surface area contributed by atoms with Gasteiger partial charge in [-0.1, -0.05) is 6.07 Å². The third-order valence-corrected chi connectivity index (χ3v) is 4.24. The molecule has 1 aromatic carbocycles. The Bertz CT molecular complexity index is 441. The number of rotatable bonds is 6. The summed E-state index contributed by atoms with van der Waals surface area (Å²) in [5, 5.41) is 9.11. The highest BCUT2D eigenvalue weighted by Crippen LogP contribution is 2.24. The van der Waals surface area contributed by atoms with Gasteiger partial charge < -0.3 is 14.6 Å². The van der Waals surface area contributed by atoms with Gasteiger partial charge in [-0.15, -0.1) is 0 Å². The van der Waals surface area contributed by atoms with Crippen LogP contribution >= 0.6 is 11.8 Å². The number of carboxylic acid groups (broad SMARTS) is 1. The van der Waals surface area contributed by atoms with Gasteiger partial charge in [-0.2, -0.15) is 11.8 Å². The minimum atomic E-state index is -0.956. The summed E-state index contributed by atoms with van der Waals surface area (Å²) in [6, 6.07) is 5.31. The van der Waals surface area contributed by atoms with Crippen LogP contribution in [0, 0.1) is 0 Å². The molecule has 1 atom stereocenters. The normalized spacial score (nSPS) is 18.5. The van der Waals surface area contributed by atoms with Crippen molar-refractivity contribution < 1.29 is 19.4 Å². The first kappa shape index (κ1) is 14.2. The second-order valence-electron chi connectivity index (χ2n) is 4.49. The summed E-state index contributed by atoms with van der Waals surface area (Å²) in [5.41, 5.74) is 1.22. The highest BCUT2D eigenvalue weighted by Gasteiger charge is 2.16. The molecule has 0 aliphatic carbocycles. The topological polar surface area (TPSA) is 55.8 Å². The van der Waals surface area contributed by atoms with Crippen LogP contribution in [-0.2, 0) is 10.5 Å². The number of aromatic carboxylic acids is 1. The van der Waals surface area contributed by atoms with Crippen molar-refractivity contribution in [1.82, 2.24) is 0 Å². The zero-order chi connectivity index (χ0) is 13.7. The molecule has 1 aromatic rings. The molecule has 0 spiro atoms. The maximum Gasteiger partial charge on any atom is 0.339 e. The van der Waals surface area contributed by atoms with Gasteiger partial charge in [-0.25, -0.2) is 4.79 Å². The highest BCUT2D eigenvalue weighted by atomic mass is 32.2. The SMILES string of the molecule is COc1ccc(CSCC2CCCO2)cc1C(=O)O. The Morgan fingerprint density at radius 2 is 2.42 bits per heavy atom. The van der Waals surface area contributed by atoms with E-state index in [1.165, 1.54) is 7.11 Å². The van der Waals surface area contributed by atoms with E-state index >= 15 is 0 Å². The Labute approximate surface area is 117 Å². The number of carboxylic acids is 1. The Balaban J connectivity index is 1.92. The summed E-state index contributed by atoms with van der Waals surface area (Å²) in [6.07, 6.45) is 2.65. The van der Waals surface area contributed by atoms with Crippen LogP contribution in [-0.4, -0.2) is 36.6 Å². The summed E-state index contributed by atoms with van der Waals surface area (Å²) in [6.45, 7) is 0.872. The Kier molecular flexibility index (Phi) is 5.10. The molecule has 1 fully saturated rings. The van der Waals surface area contributed by atoms with E-state index in [0.29, 0.717) is 11.9 Å². The van der Waals surface area contributed by atoms with Gasteiger partial charge in [0, 0.05) is 18.1 Å². The summed E-state index contributed by atoms with van der Waals surface area (Å²) >= 11 is 1.78. The molecule has 0 bridgehead atoms. The van der Waals surface area contributed by atoms with Gasteiger partial charge in [0.15, 0.2) is 0 Å². The molecule has 1 N–H and O–H groups in total. The van der Waals surface area contributed by atoms with Gasteiger partial charge in [0.1, 0.15) is 11.3 Å². The lowest BCUT2D eigenvalue weighted by molar-refractivity contribution is 0.0693. The van der Waals surface area contributed by atoms with Crippen molar-refractivity contribution in [2.45, 2.75) is 24.7 Å². The van der Waals surface area contributed by atoms with Crippen LogP contribution in [0.2, 0.25) is 0 Å². The van der Waals surface area contributed by atoms with E-state index < -0.39 is 5.97 Å². The summed E-state index contributed by atoms with van der Waals surface area (Å²) in [5.74, 6) is 1.21. The minimum absolute atomic E-state index is 0.220. The molecule has 2 rings (SSSR count). The fourth-order valence-electron chi connectivity index (χ4n) is 2.10. The predicted octanol–water partition coefficient (Wildman–Crippen LogP) is 2.81. The Morgan fingerprint density at radius 1 is 1.58 bits per heavy atom. The first-order valence-corrected chi connectivity index (χ1v) is 7.45. The third-order valence-electron chi connectivity index (χ3n) is 3.09. The van der Waals surface area contributed by atoms with E-state index in [2.05, 4.69) is 0 Å². The summed E-state index contributed by atoms with van der Waals surface area (Å²) < 4.78 is 10.6. The van der Waals surface area contributed by atoms with Crippen molar-refractivity contribution in [2.75, 3.05) is 19.5 Å². The van der Waals surface area contributed by atoms with Gasteiger partial charge in [0.05, 0.1) is 13.2 Å². The molecule has 1 unspecified atom stereocenters. The molecule has 1 saturated heterocycles. The summed E-state index contributed by atoms with van der Waals surface area (Å²) in [4.78, 5) is 11.1. The van der Waals surface area contributed by atoms with Crippen LogP contribution in [0.3, 0.4) is 0 Å². The van der Waals surface area contributed by atoms with E-state index in [1.807, 2.05) is 6.07 Å². The molecule has 0 radical (unpaired) electrons. The second kappa shape index (κ2) is 6.82. The quantitative estimate of drug-likeness (QED) is 0.869. The molecule has 19 heavy (non-hydrogen) atoms. The molecule has 0 aromatic heterocycles. The van der Waals surface area contributed by atoms with Gasteiger partial charge in [-0.3, -0.25) is 0 Å². The second-order valence-corrected chi connectivity index (χ2v) is 5.52. The zero-order valence-electron chi connectivity index (χ0n) is 10.9. The van der Waals surface area contributed by atoms with Crippen LogP contribution in [0.25, 0.3) is 0 Å². The van der Waals surface area contributed by atoms with Crippen molar-refractivity contribution in [3.05, 3.63) is 29.3 Å². The number of hydrogen-bond acceptors (Lipinski definition) is 4. The van der Waals surface area contributed by atoms with E-state index in [0.717, 1.165) is 36.5 Å². The molecule has 1 aliphatic heterocycles. The highest BCUT2D eigenvalue weighted by molar-refractivity contribution is 7.98. The maximum atomic E-state index is 11.1. The molecule has 0 amide bonds. The van der Waals surface area contributed by atoms with E-state index in [9.17, 15) is 4.79 Å². The van der Waals surface area contributed by atoms with Crippen LogP contribution in [0.1, 0.15) is 28.8 Å². The van der Waals surface area contributed by atoms with E-state index in [-0.39, 0.29) is 5.56 Å².